The standard InChI is InChI=1S/C23H32O4/c1-21-7-3-13(24)11-18(21)14-12-15(14)20-16(21)4-8-22(2)17(20)5-9-23(22,27)10-6-19(25)26/h11,14-17,20,27H,3-10,12H2,1-2H3,(H,25,26)/t14-,15+,16?,17?,20?,21+,22-,23+/m0/s1. The van der Waals surface area contributed by atoms with E-state index in [2.05, 4.69) is 13.8 Å². The fourth-order valence-electron chi connectivity index (χ4n) is 8.24. The number of carboxylic acids is 1. The van der Waals surface area contributed by atoms with Crippen LogP contribution in [0, 0.1) is 40.4 Å². The molecule has 4 fully saturated rings. The second kappa shape index (κ2) is 5.46. The molecular formula is C23H32O4. The number of fused-ring (bicyclic) bond motifs is 8. The minimum Gasteiger partial charge on any atom is -0.481 e. The topological polar surface area (TPSA) is 74.6 Å². The maximum Gasteiger partial charge on any atom is 0.303 e. The highest BCUT2D eigenvalue weighted by Crippen LogP contribution is 2.75. The Morgan fingerprint density at radius 1 is 1.19 bits per heavy atom. The Kier molecular flexibility index (Phi) is 3.62. The predicted molar refractivity (Wildman–Crippen MR) is 101 cm³/mol. The van der Waals surface area contributed by atoms with E-state index in [1.54, 1.807) is 0 Å². The van der Waals surface area contributed by atoms with Crippen molar-refractivity contribution >= 4 is 11.8 Å². The number of carboxylic acid groups (broad SMARTS) is 1. The molecule has 2 N–H and O–H groups in total. The molecule has 4 nitrogen and oxygen atoms in total. The van der Waals surface area contributed by atoms with Gasteiger partial charge in [-0.2, -0.15) is 0 Å². The summed E-state index contributed by atoms with van der Waals surface area (Å²) in [5.41, 5.74) is 0.635. The molecule has 0 aromatic carbocycles. The van der Waals surface area contributed by atoms with E-state index < -0.39 is 11.6 Å². The molecule has 148 valence electrons. The second-order valence-electron chi connectivity index (χ2n) is 10.7. The SMILES string of the molecule is C[C@]12CCC(=O)C=C1[C@H]1C[C@H]1C1C2CC[C@@]2(C)C1CC[C@@]2(O)CCC(=O)O. The summed E-state index contributed by atoms with van der Waals surface area (Å²) in [6.45, 7) is 4.66. The Morgan fingerprint density at radius 3 is 2.67 bits per heavy atom. The van der Waals surface area contributed by atoms with Crippen LogP contribution < -0.4 is 0 Å². The first-order valence-electron chi connectivity index (χ1n) is 10.9. The van der Waals surface area contributed by atoms with E-state index in [1.165, 1.54) is 12.0 Å². The zero-order valence-corrected chi connectivity index (χ0v) is 16.5. The van der Waals surface area contributed by atoms with Gasteiger partial charge < -0.3 is 10.2 Å². The van der Waals surface area contributed by atoms with Gasteiger partial charge in [0, 0.05) is 12.8 Å². The van der Waals surface area contributed by atoms with Crippen molar-refractivity contribution < 1.29 is 19.8 Å². The highest BCUT2D eigenvalue weighted by Gasteiger charge is 2.69. The minimum atomic E-state index is -0.828. The van der Waals surface area contributed by atoms with Crippen LogP contribution in [-0.4, -0.2) is 27.6 Å². The lowest BCUT2D eigenvalue weighted by atomic mass is 9.46. The summed E-state index contributed by atoms with van der Waals surface area (Å²) in [6, 6.07) is 0. The van der Waals surface area contributed by atoms with Gasteiger partial charge in [0.15, 0.2) is 5.78 Å². The molecule has 0 bridgehead atoms. The van der Waals surface area contributed by atoms with Crippen molar-refractivity contribution in [1.82, 2.24) is 0 Å². The number of hydrogen-bond donors (Lipinski definition) is 2. The summed E-state index contributed by atoms with van der Waals surface area (Å²) in [4.78, 5) is 23.2. The van der Waals surface area contributed by atoms with Crippen LogP contribution in [0.4, 0.5) is 0 Å². The van der Waals surface area contributed by atoms with Gasteiger partial charge in [0.1, 0.15) is 0 Å². The van der Waals surface area contributed by atoms with Crippen molar-refractivity contribution in [1.29, 1.82) is 0 Å². The van der Waals surface area contributed by atoms with Crippen LogP contribution in [0.3, 0.4) is 0 Å². The fraction of sp³-hybridized carbons (Fsp3) is 0.826. The lowest BCUT2D eigenvalue weighted by Crippen LogP contribution is -2.55. The molecule has 0 spiro atoms. The fourth-order valence-corrected chi connectivity index (χ4v) is 8.24. The van der Waals surface area contributed by atoms with Gasteiger partial charge in [-0.3, -0.25) is 9.59 Å². The summed E-state index contributed by atoms with van der Waals surface area (Å²) in [7, 11) is 0. The zero-order valence-electron chi connectivity index (χ0n) is 16.5. The maximum absolute atomic E-state index is 12.1. The lowest BCUT2D eigenvalue weighted by Gasteiger charge is -2.59. The van der Waals surface area contributed by atoms with Gasteiger partial charge in [0.2, 0.25) is 0 Å². The van der Waals surface area contributed by atoms with Crippen LogP contribution in [0.1, 0.15) is 71.6 Å². The van der Waals surface area contributed by atoms with E-state index in [9.17, 15) is 14.7 Å². The lowest BCUT2D eigenvalue weighted by molar-refractivity contribution is -0.148. The molecule has 0 heterocycles. The average Bonchev–Trinajstić information content (AvgIpc) is 3.35. The number of aliphatic hydroxyl groups is 1. The van der Waals surface area contributed by atoms with Crippen LogP contribution in [0.25, 0.3) is 0 Å². The Hall–Kier alpha value is -1.16. The molecular weight excluding hydrogens is 340 g/mol. The van der Waals surface area contributed by atoms with E-state index in [0.717, 1.165) is 32.1 Å². The molecule has 4 heteroatoms. The van der Waals surface area contributed by atoms with E-state index in [0.29, 0.717) is 48.2 Å². The molecule has 3 unspecified atom stereocenters. The molecule has 5 rings (SSSR count). The molecule has 0 saturated heterocycles. The monoisotopic (exact) mass is 372 g/mol. The summed E-state index contributed by atoms with van der Waals surface area (Å²) in [6.07, 6.45) is 9.22. The van der Waals surface area contributed by atoms with Gasteiger partial charge in [-0.1, -0.05) is 19.4 Å². The van der Waals surface area contributed by atoms with Crippen LogP contribution in [-0.2, 0) is 9.59 Å². The van der Waals surface area contributed by atoms with Gasteiger partial charge >= 0.3 is 5.97 Å². The quantitative estimate of drug-likeness (QED) is 0.786. The molecule has 4 saturated carbocycles. The third-order valence-electron chi connectivity index (χ3n) is 9.83. The number of rotatable bonds is 3. The third kappa shape index (κ3) is 2.25. The molecule has 0 aromatic heterocycles. The van der Waals surface area contributed by atoms with Crippen molar-refractivity contribution in [2.45, 2.75) is 77.2 Å². The predicted octanol–water partition coefficient (Wildman–Crippen LogP) is 3.97. The van der Waals surface area contributed by atoms with Crippen LogP contribution >= 0.6 is 0 Å². The van der Waals surface area contributed by atoms with E-state index in [-0.39, 0.29) is 17.3 Å². The number of hydrogen-bond acceptors (Lipinski definition) is 3. The zero-order chi connectivity index (χ0) is 19.2. The number of carbonyl (C=O) groups excluding carboxylic acids is 1. The molecule has 5 aliphatic carbocycles. The first kappa shape index (κ1) is 17.9. The molecule has 0 amide bonds. The van der Waals surface area contributed by atoms with Gasteiger partial charge in [-0.15, -0.1) is 0 Å². The van der Waals surface area contributed by atoms with Crippen molar-refractivity contribution in [3.8, 4) is 0 Å². The van der Waals surface area contributed by atoms with Crippen LogP contribution in [0.15, 0.2) is 11.6 Å². The van der Waals surface area contributed by atoms with E-state index >= 15 is 0 Å². The van der Waals surface area contributed by atoms with Crippen molar-refractivity contribution in [2.75, 3.05) is 0 Å². The molecule has 27 heavy (non-hydrogen) atoms. The normalized spacial score (nSPS) is 52.9. The summed E-state index contributed by atoms with van der Waals surface area (Å²) >= 11 is 0. The highest BCUT2D eigenvalue weighted by atomic mass is 16.4. The van der Waals surface area contributed by atoms with Crippen molar-refractivity contribution in [3.63, 3.8) is 0 Å². The van der Waals surface area contributed by atoms with Gasteiger partial charge in [-0.05, 0) is 91.4 Å². The van der Waals surface area contributed by atoms with E-state index in [4.69, 9.17) is 5.11 Å². The van der Waals surface area contributed by atoms with Crippen LogP contribution in [0.5, 0.6) is 0 Å². The van der Waals surface area contributed by atoms with Crippen molar-refractivity contribution in [3.05, 3.63) is 11.6 Å². The van der Waals surface area contributed by atoms with Crippen molar-refractivity contribution in [2.24, 2.45) is 40.4 Å². The smallest absolute Gasteiger partial charge is 0.303 e. The molecule has 5 aliphatic rings. The molecule has 0 aromatic rings. The molecule has 0 aliphatic heterocycles. The Bertz CT molecular complexity index is 741. The first-order chi connectivity index (χ1) is 12.7. The number of carbonyl (C=O) groups is 2. The second-order valence-corrected chi connectivity index (χ2v) is 10.7. The summed E-state index contributed by atoms with van der Waals surface area (Å²) in [5, 5.41) is 20.6. The summed E-state index contributed by atoms with van der Waals surface area (Å²) < 4.78 is 0. The highest BCUT2D eigenvalue weighted by molar-refractivity contribution is 5.92. The largest absolute Gasteiger partial charge is 0.481 e. The molecule has 8 atom stereocenters. The average molecular weight is 373 g/mol. The van der Waals surface area contributed by atoms with E-state index in [1.807, 2.05) is 6.08 Å². The Balaban J connectivity index is 1.48. The molecule has 0 radical (unpaired) electrons. The van der Waals surface area contributed by atoms with Gasteiger partial charge in [0.05, 0.1) is 5.60 Å². The number of ketones is 1. The first-order valence-corrected chi connectivity index (χ1v) is 10.9. The summed E-state index contributed by atoms with van der Waals surface area (Å²) in [5.74, 6) is 2.56. The number of aliphatic carboxylic acids is 1. The Morgan fingerprint density at radius 2 is 1.93 bits per heavy atom. The van der Waals surface area contributed by atoms with Gasteiger partial charge in [0.25, 0.3) is 0 Å². The number of allylic oxidation sites excluding steroid dienone is 1. The third-order valence-corrected chi connectivity index (χ3v) is 9.83. The van der Waals surface area contributed by atoms with Gasteiger partial charge in [-0.25, -0.2) is 0 Å². The van der Waals surface area contributed by atoms with Crippen LogP contribution in [0.2, 0.25) is 0 Å². The maximum atomic E-state index is 12.1. The Labute approximate surface area is 161 Å². The minimum absolute atomic E-state index is 0.0612.